The van der Waals surface area contributed by atoms with E-state index in [0.29, 0.717) is 22.5 Å². The summed E-state index contributed by atoms with van der Waals surface area (Å²) in [6, 6.07) is 24.1. The van der Waals surface area contributed by atoms with Crippen LogP contribution in [0.2, 0.25) is 0 Å². The van der Waals surface area contributed by atoms with Gasteiger partial charge in [-0.25, -0.2) is 0 Å². The third kappa shape index (κ3) is 4.65. The predicted octanol–water partition coefficient (Wildman–Crippen LogP) is 5.26. The molecule has 0 bridgehead atoms. The van der Waals surface area contributed by atoms with Crippen molar-refractivity contribution in [3.63, 3.8) is 0 Å². The molecule has 7 heteroatoms. The lowest BCUT2D eigenvalue weighted by Crippen LogP contribution is -2.13. The minimum atomic E-state index is -0.326. The van der Waals surface area contributed by atoms with Gasteiger partial charge in [-0.2, -0.15) is 10.2 Å². The van der Waals surface area contributed by atoms with E-state index in [-0.39, 0.29) is 11.7 Å². The minimum absolute atomic E-state index is 0.146. The van der Waals surface area contributed by atoms with Gasteiger partial charge in [-0.05, 0) is 48.9 Å². The summed E-state index contributed by atoms with van der Waals surface area (Å²) in [4.78, 5) is 25.7. The molecule has 0 aliphatic carbocycles. The lowest BCUT2D eigenvalue weighted by atomic mass is 10.0. The molecule has 0 unspecified atom stereocenters. The first-order chi connectivity index (χ1) is 17.0. The number of hydrogen-bond donors (Lipinski definition) is 2. The van der Waals surface area contributed by atoms with Crippen LogP contribution in [0.1, 0.15) is 43.4 Å². The number of H-pyrrole nitrogens is 1. The summed E-state index contributed by atoms with van der Waals surface area (Å²) in [7, 11) is 1.78. The number of aromatic amines is 1. The van der Waals surface area contributed by atoms with E-state index in [1.165, 1.54) is 0 Å². The number of amides is 1. The van der Waals surface area contributed by atoms with E-state index in [4.69, 9.17) is 0 Å². The Morgan fingerprint density at radius 2 is 1.71 bits per heavy atom. The molecule has 172 valence electrons. The average molecular weight is 462 g/mol. The first-order valence-corrected chi connectivity index (χ1v) is 11.2. The van der Waals surface area contributed by atoms with Gasteiger partial charge in [0.15, 0.2) is 11.5 Å². The van der Waals surface area contributed by atoms with Gasteiger partial charge in [0.25, 0.3) is 5.91 Å². The number of fused-ring (bicyclic) bond motifs is 1. The molecule has 1 amide bonds. The topological polar surface area (TPSA) is 92.7 Å². The van der Waals surface area contributed by atoms with Crippen LogP contribution in [0, 0.1) is 6.92 Å². The van der Waals surface area contributed by atoms with Crippen LogP contribution in [-0.4, -0.2) is 31.7 Å². The zero-order valence-electron chi connectivity index (χ0n) is 19.3. The van der Waals surface area contributed by atoms with Crippen molar-refractivity contribution in [2.45, 2.75) is 6.92 Å². The third-order valence-corrected chi connectivity index (χ3v) is 5.82. The summed E-state index contributed by atoms with van der Waals surface area (Å²) < 4.78 is 1.64. The number of nitrogens with one attached hydrogen (secondary N) is 2. The van der Waals surface area contributed by atoms with Crippen LogP contribution in [0.3, 0.4) is 0 Å². The maximum atomic E-state index is 13.2. The number of aromatic nitrogens is 4. The molecular weight excluding hydrogens is 438 g/mol. The molecule has 0 radical (unpaired) electrons. The van der Waals surface area contributed by atoms with Crippen molar-refractivity contribution < 1.29 is 9.59 Å². The molecule has 0 fully saturated rings. The zero-order valence-corrected chi connectivity index (χ0v) is 19.3. The number of anilines is 1. The summed E-state index contributed by atoms with van der Waals surface area (Å²) in [5.41, 5.74) is 5.40. The van der Waals surface area contributed by atoms with Crippen molar-refractivity contribution in [1.29, 1.82) is 0 Å². The van der Waals surface area contributed by atoms with Gasteiger partial charge in [0.2, 0.25) is 0 Å². The minimum Gasteiger partial charge on any atom is -0.321 e. The molecule has 5 aromatic rings. The normalized spacial score (nSPS) is 11.3. The number of carbonyl (C=O) groups is 2. The lowest BCUT2D eigenvalue weighted by Gasteiger charge is -2.06. The highest BCUT2D eigenvalue weighted by Gasteiger charge is 2.15. The van der Waals surface area contributed by atoms with Crippen LogP contribution >= 0.6 is 0 Å². The smallest absolute Gasteiger partial charge is 0.276 e. The molecule has 35 heavy (non-hydrogen) atoms. The van der Waals surface area contributed by atoms with Gasteiger partial charge >= 0.3 is 0 Å². The van der Waals surface area contributed by atoms with Gasteiger partial charge in [-0.3, -0.25) is 19.4 Å². The number of ketones is 1. The monoisotopic (exact) mass is 461 g/mol. The van der Waals surface area contributed by atoms with Gasteiger partial charge in [-0.1, -0.05) is 54.6 Å². The Hall–Kier alpha value is -4.78. The highest BCUT2D eigenvalue weighted by atomic mass is 16.2. The number of rotatable bonds is 6. The summed E-state index contributed by atoms with van der Waals surface area (Å²) in [5.74, 6) is -0.471. The Morgan fingerprint density at radius 1 is 0.914 bits per heavy atom. The maximum absolute atomic E-state index is 13.2. The van der Waals surface area contributed by atoms with Crippen LogP contribution in [0.15, 0.2) is 78.9 Å². The fourth-order valence-electron chi connectivity index (χ4n) is 3.82. The van der Waals surface area contributed by atoms with Crippen LogP contribution in [-0.2, 0) is 7.05 Å². The molecule has 0 saturated heterocycles. The first-order valence-electron chi connectivity index (χ1n) is 11.2. The van der Waals surface area contributed by atoms with Crippen LogP contribution in [0.25, 0.3) is 23.1 Å². The van der Waals surface area contributed by atoms with Crippen LogP contribution < -0.4 is 5.32 Å². The number of benzene rings is 3. The molecule has 0 saturated carbocycles. The molecule has 0 aliphatic heterocycles. The number of aryl methyl sites for hydroxylation is 2. The Kier molecular flexibility index (Phi) is 5.81. The predicted molar refractivity (Wildman–Crippen MR) is 137 cm³/mol. The Balaban J connectivity index is 1.35. The standard InChI is InChI=1S/C28H23N5O2/c1-18-15-26(32-33(18)2)28(35)29-22-10-6-9-20(16-22)27(34)21-12-13-23-24(30-31-25(23)17-21)14-11-19-7-4-3-5-8-19/h3-17H,1-2H3,(H,29,35)(H,30,31)/b14-11+. The van der Waals surface area contributed by atoms with Crippen molar-refractivity contribution in [2.24, 2.45) is 7.05 Å². The van der Waals surface area contributed by atoms with E-state index in [9.17, 15) is 9.59 Å². The molecular formula is C28H23N5O2. The molecule has 2 heterocycles. The van der Waals surface area contributed by atoms with Crippen LogP contribution in [0.5, 0.6) is 0 Å². The number of nitrogens with zero attached hydrogens (tertiary/aromatic N) is 3. The van der Waals surface area contributed by atoms with E-state index in [1.807, 2.05) is 55.5 Å². The molecule has 0 atom stereocenters. The summed E-state index contributed by atoms with van der Waals surface area (Å²) in [6.07, 6.45) is 3.95. The van der Waals surface area contributed by atoms with Crippen molar-refractivity contribution in [3.8, 4) is 0 Å². The van der Waals surface area contributed by atoms with E-state index in [1.54, 1.807) is 54.2 Å². The molecule has 2 aromatic heterocycles. The largest absolute Gasteiger partial charge is 0.321 e. The van der Waals surface area contributed by atoms with E-state index < -0.39 is 0 Å². The second-order valence-electron chi connectivity index (χ2n) is 8.27. The van der Waals surface area contributed by atoms with E-state index in [2.05, 4.69) is 20.6 Å². The highest BCUT2D eigenvalue weighted by molar-refractivity contribution is 6.11. The second-order valence-corrected chi connectivity index (χ2v) is 8.27. The summed E-state index contributed by atoms with van der Waals surface area (Å²) >= 11 is 0. The van der Waals surface area contributed by atoms with Gasteiger partial charge < -0.3 is 5.32 Å². The van der Waals surface area contributed by atoms with Crippen molar-refractivity contribution in [1.82, 2.24) is 20.0 Å². The fraction of sp³-hybridized carbons (Fsp3) is 0.0714. The van der Waals surface area contributed by atoms with Crippen molar-refractivity contribution in [2.75, 3.05) is 5.32 Å². The Morgan fingerprint density at radius 3 is 2.49 bits per heavy atom. The van der Waals surface area contributed by atoms with E-state index in [0.717, 1.165) is 27.9 Å². The Bertz CT molecular complexity index is 1560. The molecule has 2 N–H and O–H groups in total. The lowest BCUT2D eigenvalue weighted by molar-refractivity contribution is 0.101. The van der Waals surface area contributed by atoms with Gasteiger partial charge in [0.1, 0.15) is 0 Å². The summed E-state index contributed by atoms with van der Waals surface area (Å²) in [6.45, 7) is 1.88. The maximum Gasteiger partial charge on any atom is 0.276 e. The summed E-state index contributed by atoms with van der Waals surface area (Å²) in [5, 5.41) is 15.3. The molecule has 5 rings (SSSR count). The number of carbonyl (C=O) groups excluding carboxylic acids is 2. The number of hydrogen-bond acceptors (Lipinski definition) is 4. The average Bonchev–Trinajstić information content (AvgIpc) is 3.45. The highest BCUT2D eigenvalue weighted by Crippen LogP contribution is 2.22. The van der Waals surface area contributed by atoms with Crippen molar-refractivity contribution in [3.05, 3.63) is 113 Å². The molecule has 3 aromatic carbocycles. The first kappa shape index (κ1) is 22.0. The van der Waals surface area contributed by atoms with E-state index >= 15 is 0 Å². The molecule has 0 spiro atoms. The third-order valence-electron chi connectivity index (χ3n) is 5.82. The SMILES string of the molecule is Cc1cc(C(=O)Nc2cccc(C(=O)c3ccc4c(/C=C/c5ccccc5)n[nH]c4c3)c2)nn1C. The molecule has 0 aliphatic rings. The van der Waals surface area contributed by atoms with Gasteiger partial charge in [-0.15, -0.1) is 0 Å². The Labute approximate surface area is 202 Å². The van der Waals surface area contributed by atoms with Crippen molar-refractivity contribution >= 4 is 40.4 Å². The molecule has 7 nitrogen and oxygen atoms in total. The fourth-order valence-corrected chi connectivity index (χ4v) is 3.82. The quantitative estimate of drug-likeness (QED) is 0.338. The van der Waals surface area contributed by atoms with Gasteiger partial charge in [0.05, 0.1) is 11.2 Å². The van der Waals surface area contributed by atoms with Crippen LogP contribution in [0.4, 0.5) is 5.69 Å². The zero-order chi connectivity index (χ0) is 24.4. The van der Waals surface area contributed by atoms with Gasteiger partial charge in [0, 0.05) is 34.9 Å². The second kappa shape index (κ2) is 9.23.